The summed E-state index contributed by atoms with van der Waals surface area (Å²) in [6.45, 7) is -0.171. The Hall–Kier alpha value is -2.38. The Morgan fingerprint density at radius 2 is 1.86 bits per heavy atom. The molecule has 12 heteroatoms. The van der Waals surface area contributed by atoms with Crippen LogP contribution in [0, 0.1) is 0 Å². The molecular weight excluding hydrogens is 406 g/mol. The summed E-state index contributed by atoms with van der Waals surface area (Å²) in [5.74, 6) is -0.0130. The molecule has 2 aromatic rings. The van der Waals surface area contributed by atoms with Crippen molar-refractivity contribution in [2.75, 3.05) is 19.9 Å². The third kappa shape index (κ3) is 5.16. The smallest absolute Gasteiger partial charge is 0.337 e. The van der Waals surface area contributed by atoms with Crippen LogP contribution in [-0.2, 0) is 25.9 Å². The van der Waals surface area contributed by atoms with E-state index in [1.165, 1.54) is 7.11 Å². The molecule has 11 nitrogen and oxygen atoms in total. The zero-order chi connectivity index (χ0) is 21.2. The number of nitrogens with zero attached hydrogens (tertiary/aromatic N) is 2. The Bertz CT molecular complexity index is 959. The second-order valence-electron chi connectivity index (χ2n) is 6.60. The molecule has 1 aromatic carbocycles. The van der Waals surface area contributed by atoms with E-state index in [1.54, 1.807) is 24.3 Å². The van der Waals surface area contributed by atoms with E-state index in [9.17, 15) is 23.4 Å². The van der Waals surface area contributed by atoms with Crippen LogP contribution in [0.15, 0.2) is 28.8 Å². The summed E-state index contributed by atoms with van der Waals surface area (Å²) in [4.78, 5) is 15.7. The number of ether oxygens (including phenoxy) is 2. The van der Waals surface area contributed by atoms with Crippen LogP contribution in [-0.4, -0.2) is 79.1 Å². The fourth-order valence-electron chi connectivity index (χ4n) is 2.90. The van der Waals surface area contributed by atoms with Gasteiger partial charge < -0.3 is 24.2 Å². The van der Waals surface area contributed by atoms with E-state index < -0.39 is 40.4 Å². The van der Waals surface area contributed by atoms with Gasteiger partial charge in [0.25, 0.3) is 0 Å². The predicted molar refractivity (Wildman–Crippen MR) is 98.3 cm³/mol. The lowest BCUT2D eigenvalue weighted by Crippen LogP contribution is -2.39. The molecule has 0 spiro atoms. The highest BCUT2D eigenvalue weighted by Gasteiger charge is 2.43. The Balaban J connectivity index is 1.64. The van der Waals surface area contributed by atoms with Gasteiger partial charge in [-0.2, -0.15) is 4.98 Å². The first-order chi connectivity index (χ1) is 13.7. The summed E-state index contributed by atoms with van der Waals surface area (Å²) in [5.41, 5.74) is 0.987. The average Bonchev–Trinajstić information content (AvgIpc) is 3.26. The van der Waals surface area contributed by atoms with E-state index in [-0.39, 0.29) is 24.7 Å². The third-order valence-corrected chi connectivity index (χ3v) is 5.11. The van der Waals surface area contributed by atoms with Crippen molar-refractivity contribution in [2.45, 2.75) is 30.8 Å². The molecule has 158 valence electrons. The van der Waals surface area contributed by atoms with E-state index in [1.807, 2.05) is 0 Å². The number of aliphatic hydroxyl groups excluding tert-OH is 2. The minimum absolute atomic E-state index is 0.0286. The summed E-state index contributed by atoms with van der Waals surface area (Å²) in [5, 5.41) is 24.1. The van der Waals surface area contributed by atoms with Crippen molar-refractivity contribution in [3.05, 3.63) is 35.7 Å². The summed E-state index contributed by atoms with van der Waals surface area (Å²) in [7, 11) is -2.17. The molecule has 0 radical (unpaired) electrons. The number of esters is 1. The Morgan fingerprint density at radius 1 is 1.21 bits per heavy atom. The molecule has 0 aliphatic carbocycles. The molecule has 4 atom stereocenters. The zero-order valence-corrected chi connectivity index (χ0v) is 16.5. The summed E-state index contributed by atoms with van der Waals surface area (Å²) < 4.78 is 40.0. The Labute approximate surface area is 166 Å². The number of aromatic nitrogens is 2. The van der Waals surface area contributed by atoms with Gasteiger partial charge in [-0.1, -0.05) is 17.3 Å². The third-order valence-electron chi connectivity index (χ3n) is 4.42. The second kappa shape index (κ2) is 8.55. The average molecular weight is 427 g/mol. The maximum absolute atomic E-state index is 11.5. The minimum Gasteiger partial charge on any atom is -0.465 e. The lowest BCUT2D eigenvalue weighted by molar-refractivity contribution is 0.00790. The first-order valence-corrected chi connectivity index (χ1v) is 10.5. The van der Waals surface area contributed by atoms with Crippen LogP contribution in [0.4, 0.5) is 0 Å². The minimum atomic E-state index is -3.46. The quantitative estimate of drug-likeness (QED) is 0.472. The fraction of sp³-hybridized carbons (Fsp3) is 0.471. The lowest BCUT2D eigenvalue weighted by Gasteiger charge is -2.14. The zero-order valence-electron chi connectivity index (χ0n) is 15.7. The van der Waals surface area contributed by atoms with Gasteiger partial charge in [0.2, 0.25) is 21.7 Å². The van der Waals surface area contributed by atoms with Gasteiger partial charge in [0.15, 0.2) is 0 Å². The molecule has 29 heavy (non-hydrogen) atoms. The largest absolute Gasteiger partial charge is 0.465 e. The molecule has 2 heterocycles. The molecule has 0 unspecified atom stereocenters. The molecular formula is C17H21N3O8S. The van der Waals surface area contributed by atoms with Gasteiger partial charge in [0.1, 0.15) is 18.3 Å². The molecule has 0 saturated carbocycles. The number of methoxy groups -OCH3 is 1. The maximum atomic E-state index is 11.5. The van der Waals surface area contributed by atoms with Gasteiger partial charge in [0, 0.05) is 12.1 Å². The fourth-order valence-corrected chi connectivity index (χ4v) is 3.36. The molecule has 1 saturated heterocycles. The summed E-state index contributed by atoms with van der Waals surface area (Å²) in [6, 6.07) is 6.41. The monoisotopic (exact) mass is 427 g/mol. The number of rotatable bonds is 7. The number of carbonyl (C=O) groups is 1. The van der Waals surface area contributed by atoms with Gasteiger partial charge in [-0.15, -0.1) is 0 Å². The summed E-state index contributed by atoms with van der Waals surface area (Å²) >= 11 is 0. The highest BCUT2D eigenvalue weighted by atomic mass is 32.2. The highest BCUT2D eigenvalue weighted by molar-refractivity contribution is 7.88. The first kappa shape index (κ1) is 21.3. The second-order valence-corrected chi connectivity index (χ2v) is 8.43. The summed E-state index contributed by atoms with van der Waals surface area (Å²) in [6.07, 6.45) is -3.23. The van der Waals surface area contributed by atoms with Gasteiger partial charge in [-0.3, -0.25) is 0 Å². The van der Waals surface area contributed by atoms with Crippen molar-refractivity contribution >= 4 is 16.0 Å². The van der Waals surface area contributed by atoms with Crippen LogP contribution in [0.25, 0.3) is 11.4 Å². The molecule has 3 N–H and O–H groups in total. The van der Waals surface area contributed by atoms with Gasteiger partial charge >= 0.3 is 5.97 Å². The Morgan fingerprint density at radius 3 is 2.48 bits per heavy atom. The van der Waals surface area contributed by atoms with E-state index in [0.29, 0.717) is 11.1 Å². The number of nitrogens with one attached hydrogen (secondary N) is 1. The molecule has 0 bridgehead atoms. The van der Waals surface area contributed by atoms with E-state index in [0.717, 1.165) is 6.26 Å². The van der Waals surface area contributed by atoms with E-state index in [2.05, 4.69) is 19.6 Å². The number of sulfonamides is 1. The van der Waals surface area contributed by atoms with Crippen molar-refractivity contribution < 1.29 is 37.4 Å². The van der Waals surface area contributed by atoms with Crippen LogP contribution < -0.4 is 4.72 Å². The van der Waals surface area contributed by atoms with E-state index in [4.69, 9.17) is 9.26 Å². The number of aliphatic hydroxyl groups is 2. The van der Waals surface area contributed by atoms with Crippen LogP contribution in [0.1, 0.15) is 16.2 Å². The topological polar surface area (TPSA) is 161 Å². The first-order valence-electron chi connectivity index (χ1n) is 8.65. The van der Waals surface area contributed by atoms with Crippen molar-refractivity contribution in [2.24, 2.45) is 0 Å². The van der Waals surface area contributed by atoms with Crippen molar-refractivity contribution in [3.63, 3.8) is 0 Å². The molecule has 1 aliphatic rings. The normalized spacial score (nSPS) is 24.6. The molecule has 0 amide bonds. The van der Waals surface area contributed by atoms with Crippen LogP contribution >= 0.6 is 0 Å². The number of benzene rings is 1. The Kier molecular flexibility index (Phi) is 6.29. The predicted octanol–water partition coefficient (Wildman–Crippen LogP) is -0.896. The van der Waals surface area contributed by atoms with Crippen molar-refractivity contribution in [1.82, 2.24) is 14.9 Å². The SMILES string of the molecule is COC(=O)c1ccc(-c2noc(C[C@@H]3O[C@H](CNS(C)(=O)=O)[C@@H](O)[C@H]3O)n2)cc1. The molecule has 1 aromatic heterocycles. The van der Waals surface area contributed by atoms with Gasteiger partial charge in [-0.05, 0) is 12.1 Å². The standard InChI is InChI=1S/C17H21N3O8S/c1-26-17(23)10-5-3-9(4-6-10)16-19-13(28-20-16)7-11-14(21)15(22)12(27-11)8-18-29(2,24)25/h3-6,11-12,14-15,18,21-22H,7-8H2,1-2H3/t11-,12+,14-,15+/m0/s1. The van der Waals surface area contributed by atoms with Crippen molar-refractivity contribution in [1.29, 1.82) is 0 Å². The maximum Gasteiger partial charge on any atom is 0.337 e. The molecule has 1 aliphatic heterocycles. The number of carbonyl (C=O) groups excluding carboxylic acids is 1. The number of hydrogen-bond acceptors (Lipinski definition) is 10. The van der Waals surface area contributed by atoms with Crippen LogP contribution in [0.2, 0.25) is 0 Å². The molecule has 1 fully saturated rings. The van der Waals surface area contributed by atoms with Crippen LogP contribution in [0.5, 0.6) is 0 Å². The van der Waals surface area contributed by atoms with E-state index >= 15 is 0 Å². The van der Waals surface area contributed by atoms with Crippen molar-refractivity contribution in [3.8, 4) is 11.4 Å². The van der Waals surface area contributed by atoms with Gasteiger partial charge in [0.05, 0.1) is 31.5 Å². The molecule has 3 rings (SSSR count). The van der Waals surface area contributed by atoms with Gasteiger partial charge in [-0.25, -0.2) is 17.9 Å². The van der Waals surface area contributed by atoms with Crippen LogP contribution in [0.3, 0.4) is 0 Å². The number of hydrogen-bond donors (Lipinski definition) is 3. The highest BCUT2D eigenvalue weighted by Crippen LogP contribution is 2.25. The lowest BCUT2D eigenvalue weighted by atomic mass is 10.1.